The lowest BCUT2D eigenvalue weighted by Gasteiger charge is -2.30. The van der Waals surface area contributed by atoms with E-state index in [0.29, 0.717) is 50.7 Å². The highest BCUT2D eigenvalue weighted by Crippen LogP contribution is 2.26. The van der Waals surface area contributed by atoms with Gasteiger partial charge in [-0.05, 0) is 36.8 Å². The Kier molecular flexibility index (Phi) is 7.73. The zero-order valence-corrected chi connectivity index (χ0v) is 16.4. The number of carbonyl (C=O) groups excluding carboxylic acids is 1. The molecule has 2 heterocycles. The molecule has 27 heavy (non-hydrogen) atoms. The van der Waals surface area contributed by atoms with Crippen molar-refractivity contribution in [3.63, 3.8) is 0 Å². The highest BCUT2D eigenvalue weighted by molar-refractivity contribution is 7.89. The van der Waals surface area contributed by atoms with E-state index in [2.05, 4.69) is 9.72 Å². The third-order valence-corrected chi connectivity index (χ3v) is 6.50. The van der Waals surface area contributed by atoms with Crippen molar-refractivity contribution in [1.82, 2.24) is 9.29 Å². The van der Waals surface area contributed by atoms with E-state index in [4.69, 9.17) is 4.74 Å². The van der Waals surface area contributed by atoms with E-state index in [1.165, 1.54) is 29.7 Å². The van der Waals surface area contributed by atoms with Crippen molar-refractivity contribution >= 4 is 16.0 Å². The molecule has 1 fully saturated rings. The van der Waals surface area contributed by atoms with Gasteiger partial charge in [0.15, 0.2) is 0 Å². The number of nitrogens with zero attached hydrogens (tertiary/aromatic N) is 2. The van der Waals surface area contributed by atoms with Crippen LogP contribution in [-0.2, 0) is 19.6 Å². The van der Waals surface area contributed by atoms with E-state index in [9.17, 15) is 17.6 Å². The van der Waals surface area contributed by atoms with Crippen molar-refractivity contribution < 1.29 is 27.1 Å². The molecule has 9 heteroatoms. The number of esters is 1. The van der Waals surface area contributed by atoms with Gasteiger partial charge >= 0.3 is 5.97 Å². The summed E-state index contributed by atoms with van der Waals surface area (Å²) >= 11 is 0. The monoisotopic (exact) mass is 400 g/mol. The van der Waals surface area contributed by atoms with Crippen LogP contribution in [0.15, 0.2) is 35.1 Å². The van der Waals surface area contributed by atoms with Crippen molar-refractivity contribution in [2.24, 2.45) is 5.92 Å². The van der Waals surface area contributed by atoms with Crippen LogP contribution in [0.4, 0.5) is 4.39 Å². The molecule has 1 aromatic rings. The Bertz CT molecular complexity index is 756. The summed E-state index contributed by atoms with van der Waals surface area (Å²) in [5, 5.41) is 0. The maximum Gasteiger partial charge on any atom is 0.305 e. The van der Waals surface area contributed by atoms with Gasteiger partial charge in [0, 0.05) is 25.6 Å². The van der Waals surface area contributed by atoms with Crippen molar-refractivity contribution in [3.8, 4) is 5.88 Å². The van der Waals surface area contributed by atoms with Gasteiger partial charge in [0.2, 0.25) is 15.9 Å². The number of rotatable bonds is 8. The zero-order chi connectivity index (χ0) is 19.9. The van der Waals surface area contributed by atoms with Crippen LogP contribution in [0.5, 0.6) is 5.88 Å². The van der Waals surface area contributed by atoms with Crippen LogP contribution < -0.4 is 4.74 Å². The summed E-state index contributed by atoms with van der Waals surface area (Å²) < 4.78 is 49.4. The minimum Gasteiger partial charge on any atom is -0.473 e. The van der Waals surface area contributed by atoms with Crippen molar-refractivity contribution in [2.75, 3.05) is 26.8 Å². The predicted molar refractivity (Wildman–Crippen MR) is 97.3 cm³/mol. The zero-order valence-electron chi connectivity index (χ0n) is 15.6. The lowest BCUT2D eigenvalue weighted by molar-refractivity contribution is -0.142. The summed E-state index contributed by atoms with van der Waals surface area (Å²) in [7, 11) is -2.30. The molecule has 0 saturated carbocycles. The number of aromatic nitrogens is 1. The molecule has 0 amide bonds. The van der Waals surface area contributed by atoms with Gasteiger partial charge in [-0.25, -0.2) is 17.8 Å². The molecule has 1 saturated heterocycles. The van der Waals surface area contributed by atoms with Crippen molar-refractivity contribution in [2.45, 2.75) is 37.5 Å². The first-order chi connectivity index (χ1) is 12.9. The first-order valence-electron chi connectivity index (χ1n) is 8.84. The number of carbonyl (C=O) groups is 1. The third kappa shape index (κ3) is 5.74. The number of sulfonamides is 1. The molecular weight excluding hydrogens is 375 g/mol. The van der Waals surface area contributed by atoms with Crippen LogP contribution >= 0.6 is 0 Å². The number of hydrogen-bond donors (Lipinski definition) is 0. The summed E-state index contributed by atoms with van der Waals surface area (Å²) in [6.45, 7) is 2.58. The van der Waals surface area contributed by atoms with E-state index in [0.717, 1.165) is 0 Å². The Hall–Kier alpha value is -2.00. The fourth-order valence-corrected chi connectivity index (χ4v) is 4.22. The maximum atomic E-state index is 12.7. The molecule has 0 atom stereocenters. The third-order valence-electron chi connectivity index (χ3n) is 4.62. The van der Waals surface area contributed by atoms with E-state index in [1.54, 1.807) is 0 Å². The van der Waals surface area contributed by atoms with Crippen LogP contribution in [0.2, 0.25) is 0 Å². The Morgan fingerprint density at radius 1 is 1.37 bits per heavy atom. The molecule has 7 nitrogen and oxygen atoms in total. The van der Waals surface area contributed by atoms with Crippen LogP contribution in [0.3, 0.4) is 0 Å². The van der Waals surface area contributed by atoms with Crippen LogP contribution in [0.25, 0.3) is 0 Å². The number of methoxy groups -OCH3 is 1. The fourth-order valence-electron chi connectivity index (χ4n) is 2.80. The Balaban J connectivity index is 1.96. The number of halogens is 1. The first kappa shape index (κ1) is 21.3. The molecule has 1 aliphatic heterocycles. The quantitative estimate of drug-likeness (QED) is 0.624. The van der Waals surface area contributed by atoms with Crippen molar-refractivity contribution in [1.29, 1.82) is 0 Å². The van der Waals surface area contributed by atoms with Gasteiger partial charge in [-0.1, -0.05) is 6.92 Å². The number of piperidine rings is 1. The molecule has 0 unspecified atom stereocenters. The minimum atomic E-state index is -3.65. The number of ether oxygens (including phenoxy) is 2. The summed E-state index contributed by atoms with van der Waals surface area (Å²) in [6, 6.07) is 2.89. The average molecular weight is 400 g/mol. The Morgan fingerprint density at radius 3 is 2.59 bits per heavy atom. The van der Waals surface area contributed by atoms with Gasteiger partial charge in [0.05, 0.1) is 19.6 Å². The average Bonchev–Trinajstić information content (AvgIpc) is 2.69. The minimum absolute atomic E-state index is 0.0693. The topological polar surface area (TPSA) is 85.8 Å². The lowest BCUT2D eigenvalue weighted by atomic mass is 9.95. The summed E-state index contributed by atoms with van der Waals surface area (Å²) in [4.78, 5) is 15.4. The standard InChI is InChI=1S/C18H25FN2O5S/c1-3-14(11-19)13-26-17-5-4-16(12-20-17)27(23,24)21-8-6-15(7-9-21)10-18(22)25-2/h4-5,11-12,15H,3,6-10,13H2,1-2H3/b14-11-. The SMILES string of the molecule is CC/C(=C/F)COc1ccc(S(=O)(=O)N2CCC(CC(=O)OC)CC2)cn1. The summed E-state index contributed by atoms with van der Waals surface area (Å²) in [6.07, 6.45) is 3.80. The second-order valence-electron chi connectivity index (χ2n) is 6.37. The first-order valence-corrected chi connectivity index (χ1v) is 10.3. The van der Waals surface area contributed by atoms with Gasteiger partial charge in [-0.2, -0.15) is 4.31 Å². The maximum absolute atomic E-state index is 12.7. The Morgan fingerprint density at radius 2 is 2.07 bits per heavy atom. The number of hydrogen-bond acceptors (Lipinski definition) is 6. The fraction of sp³-hybridized carbons (Fsp3) is 0.556. The molecule has 0 spiro atoms. The molecule has 1 aliphatic rings. The largest absolute Gasteiger partial charge is 0.473 e. The number of pyridine rings is 1. The molecule has 150 valence electrons. The highest BCUT2D eigenvalue weighted by Gasteiger charge is 2.30. The molecule has 0 aromatic carbocycles. The second-order valence-corrected chi connectivity index (χ2v) is 8.31. The van der Waals surface area contributed by atoms with E-state index in [1.807, 2.05) is 6.92 Å². The van der Waals surface area contributed by atoms with Crippen LogP contribution in [-0.4, -0.2) is 50.5 Å². The second kappa shape index (κ2) is 9.80. The van der Waals surface area contributed by atoms with Crippen LogP contribution in [0.1, 0.15) is 32.6 Å². The molecule has 0 radical (unpaired) electrons. The van der Waals surface area contributed by atoms with E-state index >= 15 is 0 Å². The van der Waals surface area contributed by atoms with E-state index < -0.39 is 10.0 Å². The molecule has 2 rings (SSSR count). The van der Waals surface area contributed by atoms with Gasteiger partial charge in [-0.3, -0.25) is 4.79 Å². The highest BCUT2D eigenvalue weighted by atomic mass is 32.2. The summed E-state index contributed by atoms with van der Waals surface area (Å²) in [5.74, 6) is 0.0950. The van der Waals surface area contributed by atoms with Gasteiger partial charge < -0.3 is 9.47 Å². The lowest BCUT2D eigenvalue weighted by Crippen LogP contribution is -2.38. The smallest absolute Gasteiger partial charge is 0.305 e. The molecule has 0 N–H and O–H groups in total. The van der Waals surface area contributed by atoms with E-state index in [-0.39, 0.29) is 29.3 Å². The molecular formula is C18H25FN2O5S. The van der Waals surface area contributed by atoms with Crippen molar-refractivity contribution in [3.05, 3.63) is 30.2 Å². The van der Waals surface area contributed by atoms with Crippen LogP contribution in [0, 0.1) is 5.92 Å². The molecule has 0 bridgehead atoms. The van der Waals surface area contributed by atoms with Gasteiger partial charge in [0.25, 0.3) is 0 Å². The predicted octanol–water partition coefficient (Wildman–Crippen LogP) is 2.69. The van der Waals surface area contributed by atoms with Gasteiger partial charge in [-0.15, -0.1) is 0 Å². The molecule has 1 aromatic heterocycles. The summed E-state index contributed by atoms with van der Waals surface area (Å²) in [5.41, 5.74) is 0.489. The Labute approximate surface area is 159 Å². The molecule has 0 aliphatic carbocycles. The van der Waals surface area contributed by atoms with Gasteiger partial charge in [0.1, 0.15) is 11.5 Å². The normalized spacial score (nSPS) is 16.9.